The molecule has 0 amide bonds. The van der Waals surface area contributed by atoms with Crippen LogP contribution in [0.5, 0.6) is 0 Å². The molecule has 0 atom stereocenters. The minimum atomic E-state index is 0.123. The number of rotatable bonds is 2. The zero-order valence-corrected chi connectivity index (χ0v) is 10.2. The van der Waals surface area contributed by atoms with Crippen LogP contribution in [0.2, 0.25) is 3.71 Å². The third-order valence-electron chi connectivity index (χ3n) is 2.26. The number of carbonyl (C=O) groups is 1. The van der Waals surface area contributed by atoms with Crippen LogP contribution in [0.3, 0.4) is 0 Å². The standard InChI is InChI=1S/C8H14OSe2/c9-7(8(10)11)6-4-2-1-3-5-6/h6,8,10-11H,1-5H2. The molecule has 0 aromatic rings. The summed E-state index contributed by atoms with van der Waals surface area (Å²) in [6.07, 6.45) is 6.09. The van der Waals surface area contributed by atoms with Crippen molar-refractivity contribution in [1.29, 1.82) is 0 Å². The van der Waals surface area contributed by atoms with Gasteiger partial charge in [-0.3, -0.25) is 0 Å². The van der Waals surface area contributed by atoms with E-state index >= 15 is 0 Å². The molecule has 0 N–H and O–H groups in total. The molecule has 1 nitrogen and oxygen atoms in total. The molecule has 0 aliphatic heterocycles. The van der Waals surface area contributed by atoms with Gasteiger partial charge >= 0.3 is 84.3 Å². The van der Waals surface area contributed by atoms with Crippen molar-refractivity contribution in [3.8, 4) is 0 Å². The summed E-state index contributed by atoms with van der Waals surface area (Å²) in [5.74, 6) is 0.810. The summed E-state index contributed by atoms with van der Waals surface area (Å²) < 4.78 is 0.123. The van der Waals surface area contributed by atoms with Gasteiger partial charge in [-0.1, -0.05) is 0 Å². The van der Waals surface area contributed by atoms with E-state index in [1.165, 1.54) is 19.3 Å². The summed E-state index contributed by atoms with van der Waals surface area (Å²) in [4.78, 5) is 11.5. The van der Waals surface area contributed by atoms with Crippen molar-refractivity contribution in [1.82, 2.24) is 0 Å². The molecule has 0 saturated heterocycles. The quantitative estimate of drug-likeness (QED) is 0.682. The van der Waals surface area contributed by atoms with E-state index in [1.54, 1.807) is 0 Å². The molecule has 1 aliphatic carbocycles. The summed E-state index contributed by atoms with van der Waals surface area (Å²) >= 11 is 4.84. The van der Waals surface area contributed by atoms with Gasteiger partial charge in [-0.15, -0.1) is 0 Å². The van der Waals surface area contributed by atoms with E-state index < -0.39 is 0 Å². The van der Waals surface area contributed by atoms with Crippen molar-refractivity contribution < 1.29 is 4.79 Å². The van der Waals surface area contributed by atoms with Gasteiger partial charge in [0.25, 0.3) is 0 Å². The van der Waals surface area contributed by atoms with Gasteiger partial charge in [-0.25, -0.2) is 0 Å². The maximum absolute atomic E-state index is 11.5. The molecule has 1 fully saturated rings. The fourth-order valence-electron chi connectivity index (χ4n) is 1.60. The topological polar surface area (TPSA) is 17.1 Å². The van der Waals surface area contributed by atoms with Crippen LogP contribution in [-0.2, 0) is 4.79 Å². The Balaban J connectivity index is 2.39. The number of hydrogen-bond acceptors (Lipinski definition) is 1. The third-order valence-corrected chi connectivity index (χ3v) is 3.33. The first-order valence-electron chi connectivity index (χ1n) is 4.11. The van der Waals surface area contributed by atoms with Crippen molar-refractivity contribution in [3.63, 3.8) is 0 Å². The predicted octanol–water partition coefficient (Wildman–Crippen LogP) is 0.683. The molecular weight excluding hydrogens is 270 g/mol. The molecule has 0 aromatic heterocycles. The molecule has 1 aliphatic rings. The summed E-state index contributed by atoms with van der Waals surface area (Å²) in [5.41, 5.74) is 0. The average molecular weight is 284 g/mol. The summed E-state index contributed by atoms with van der Waals surface area (Å²) in [5, 5.41) is 0. The Morgan fingerprint density at radius 1 is 1.18 bits per heavy atom. The van der Waals surface area contributed by atoms with E-state index in [9.17, 15) is 4.79 Å². The van der Waals surface area contributed by atoms with Gasteiger partial charge in [0.15, 0.2) is 0 Å². The molecule has 1 rings (SSSR count). The summed E-state index contributed by atoms with van der Waals surface area (Å²) in [6, 6.07) is 0. The van der Waals surface area contributed by atoms with Crippen LogP contribution in [0, 0.1) is 5.92 Å². The van der Waals surface area contributed by atoms with Gasteiger partial charge in [0.1, 0.15) is 0 Å². The second-order valence-corrected chi connectivity index (χ2v) is 7.20. The first kappa shape index (κ1) is 9.79. The molecule has 0 radical (unpaired) electrons. The monoisotopic (exact) mass is 286 g/mol. The van der Waals surface area contributed by atoms with Gasteiger partial charge in [-0.2, -0.15) is 0 Å². The number of carbonyl (C=O) groups excluding carboxylic acids is 1. The molecule has 0 heterocycles. The van der Waals surface area contributed by atoms with Crippen LogP contribution in [0.15, 0.2) is 0 Å². The predicted molar refractivity (Wildman–Crippen MR) is 49.6 cm³/mol. The normalized spacial score (nSPS) is 20.6. The van der Waals surface area contributed by atoms with Crippen LogP contribution in [-0.4, -0.2) is 37.8 Å². The molecule has 64 valence electrons. The Bertz CT molecular complexity index is 139. The van der Waals surface area contributed by atoms with Gasteiger partial charge < -0.3 is 0 Å². The van der Waals surface area contributed by atoms with Crippen LogP contribution in [0.25, 0.3) is 0 Å². The maximum atomic E-state index is 11.5. The van der Waals surface area contributed by atoms with E-state index in [0.29, 0.717) is 11.7 Å². The number of Topliss-reactive ketones (excluding diaryl/α,β-unsaturated/α-hetero) is 1. The summed E-state index contributed by atoms with van der Waals surface area (Å²) in [6.45, 7) is 0. The zero-order valence-electron chi connectivity index (χ0n) is 6.49. The van der Waals surface area contributed by atoms with E-state index in [1.807, 2.05) is 0 Å². The second kappa shape index (κ2) is 4.67. The molecule has 1 saturated carbocycles. The van der Waals surface area contributed by atoms with Gasteiger partial charge in [0.2, 0.25) is 0 Å². The number of ketones is 1. The molecule has 0 spiro atoms. The molecule has 3 heteroatoms. The van der Waals surface area contributed by atoms with Crippen LogP contribution in [0.4, 0.5) is 0 Å². The van der Waals surface area contributed by atoms with Crippen molar-refractivity contribution in [2.45, 2.75) is 35.8 Å². The second-order valence-electron chi connectivity index (χ2n) is 3.11. The first-order chi connectivity index (χ1) is 5.22. The van der Waals surface area contributed by atoms with E-state index in [2.05, 4.69) is 32.0 Å². The zero-order chi connectivity index (χ0) is 8.27. The molecule has 11 heavy (non-hydrogen) atoms. The van der Waals surface area contributed by atoms with Crippen molar-refractivity contribution in [3.05, 3.63) is 0 Å². The van der Waals surface area contributed by atoms with E-state index in [0.717, 1.165) is 12.8 Å². The van der Waals surface area contributed by atoms with Crippen LogP contribution >= 0.6 is 0 Å². The third kappa shape index (κ3) is 2.91. The van der Waals surface area contributed by atoms with Gasteiger partial charge in [-0.05, 0) is 0 Å². The van der Waals surface area contributed by atoms with Crippen molar-refractivity contribution in [2.75, 3.05) is 0 Å². The number of hydrogen-bond donors (Lipinski definition) is 0. The van der Waals surface area contributed by atoms with Crippen molar-refractivity contribution >= 4 is 37.8 Å². The fraction of sp³-hybridized carbons (Fsp3) is 0.875. The molecule has 0 bridgehead atoms. The minimum absolute atomic E-state index is 0.123. The Morgan fingerprint density at radius 2 is 1.73 bits per heavy atom. The van der Waals surface area contributed by atoms with Crippen molar-refractivity contribution in [2.24, 2.45) is 5.92 Å². The van der Waals surface area contributed by atoms with Crippen LogP contribution in [0.1, 0.15) is 32.1 Å². The summed E-state index contributed by atoms with van der Waals surface area (Å²) in [7, 11) is 0. The molecule has 0 unspecified atom stereocenters. The van der Waals surface area contributed by atoms with E-state index in [-0.39, 0.29) is 3.71 Å². The molecular formula is C8H14OSe2. The Hall–Kier alpha value is 0.709. The van der Waals surface area contributed by atoms with Crippen LogP contribution < -0.4 is 0 Å². The SMILES string of the molecule is O=C(C([SeH])[SeH])C1CCCCC1. The Labute approximate surface area is 84.3 Å². The molecule has 0 aromatic carbocycles. The van der Waals surface area contributed by atoms with E-state index in [4.69, 9.17) is 0 Å². The fourth-order valence-corrected chi connectivity index (χ4v) is 2.48. The van der Waals surface area contributed by atoms with Gasteiger partial charge in [0, 0.05) is 0 Å². The first-order valence-corrected chi connectivity index (χ1v) is 6.28. The Morgan fingerprint density at radius 3 is 2.18 bits per heavy atom. The average Bonchev–Trinajstić information content (AvgIpc) is 2.05. The Kier molecular flexibility index (Phi) is 4.15. The van der Waals surface area contributed by atoms with Gasteiger partial charge in [0.05, 0.1) is 0 Å².